The van der Waals surface area contributed by atoms with E-state index in [0.717, 1.165) is 18.7 Å². The second-order valence-corrected chi connectivity index (χ2v) is 7.44. The van der Waals surface area contributed by atoms with Crippen molar-refractivity contribution in [1.29, 1.82) is 0 Å². The van der Waals surface area contributed by atoms with E-state index >= 15 is 0 Å². The van der Waals surface area contributed by atoms with Crippen LogP contribution in [0.15, 0.2) is 29.2 Å². The van der Waals surface area contributed by atoms with Crippen molar-refractivity contribution in [1.82, 2.24) is 9.62 Å². The van der Waals surface area contributed by atoms with Gasteiger partial charge in [-0.2, -0.15) is 13.2 Å². The summed E-state index contributed by atoms with van der Waals surface area (Å²) in [5, 5.41) is 0. The molecule has 1 heterocycles. The Balaban J connectivity index is 2.15. The normalized spacial score (nSPS) is 20.7. The first-order valence-corrected chi connectivity index (χ1v) is 8.51. The Morgan fingerprint density at radius 1 is 1.32 bits per heavy atom. The van der Waals surface area contributed by atoms with Crippen LogP contribution in [-0.4, -0.2) is 38.5 Å². The van der Waals surface area contributed by atoms with Crippen LogP contribution in [0.5, 0.6) is 0 Å². The molecule has 8 heteroatoms. The van der Waals surface area contributed by atoms with E-state index in [9.17, 15) is 21.6 Å². The number of hydrogen-bond donors (Lipinski definition) is 1. The van der Waals surface area contributed by atoms with Gasteiger partial charge in [0.1, 0.15) is 0 Å². The molecule has 2 rings (SSSR count). The Bertz CT molecular complexity index is 629. The molecule has 0 aliphatic carbocycles. The summed E-state index contributed by atoms with van der Waals surface area (Å²) in [4.78, 5) is 1.77. The third-order valence-electron chi connectivity index (χ3n) is 3.74. The molecule has 0 aromatic heterocycles. The minimum atomic E-state index is -4.56. The molecule has 1 aliphatic heterocycles. The summed E-state index contributed by atoms with van der Waals surface area (Å²) in [6.45, 7) is 5.37. The Morgan fingerprint density at radius 2 is 2.00 bits per heavy atom. The number of rotatable bonds is 4. The van der Waals surface area contributed by atoms with Gasteiger partial charge in [-0.25, -0.2) is 13.1 Å². The fourth-order valence-corrected chi connectivity index (χ4v) is 3.79. The first-order valence-electron chi connectivity index (χ1n) is 7.03. The molecule has 124 valence electrons. The molecule has 4 nitrogen and oxygen atoms in total. The van der Waals surface area contributed by atoms with Gasteiger partial charge < -0.3 is 0 Å². The zero-order valence-corrected chi connectivity index (χ0v) is 13.2. The lowest BCUT2D eigenvalue weighted by atomic mass is 10.2. The minimum absolute atomic E-state index is 0.276. The monoisotopic (exact) mass is 336 g/mol. The van der Waals surface area contributed by atoms with Gasteiger partial charge in [0.25, 0.3) is 0 Å². The highest BCUT2D eigenvalue weighted by Gasteiger charge is 2.33. The van der Waals surface area contributed by atoms with Gasteiger partial charge in [-0.05, 0) is 38.5 Å². The molecule has 0 radical (unpaired) electrons. The maximum atomic E-state index is 12.7. The van der Waals surface area contributed by atoms with Crippen molar-refractivity contribution in [2.75, 3.05) is 13.1 Å². The molecule has 1 aromatic carbocycles. The van der Waals surface area contributed by atoms with Crippen molar-refractivity contribution in [3.05, 3.63) is 29.8 Å². The second kappa shape index (κ2) is 6.17. The Morgan fingerprint density at radius 3 is 2.55 bits per heavy atom. The Labute approximate surface area is 128 Å². The molecular formula is C14H19F3N2O2S. The van der Waals surface area contributed by atoms with Crippen LogP contribution in [0.3, 0.4) is 0 Å². The van der Waals surface area contributed by atoms with Crippen molar-refractivity contribution in [3.8, 4) is 0 Å². The maximum absolute atomic E-state index is 12.7. The molecule has 0 amide bonds. The smallest absolute Gasteiger partial charge is 0.299 e. The van der Waals surface area contributed by atoms with Crippen LogP contribution in [0.2, 0.25) is 0 Å². The van der Waals surface area contributed by atoms with Gasteiger partial charge in [0, 0.05) is 25.2 Å². The first kappa shape index (κ1) is 17.2. The first-order chi connectivity index (χ1) is 10.1. The summed E-state index contributed by atoms with van der Waals surface area (Å²) < 4.78 is 65.0. The number of likely N-dealkylation sites (tertiary alicyclic amines) is 1. The lowest BCUT2D eigenvalue weighted by Gasteiger charge is -2.20. The van der Waals surface area contributed by atoms with Crippen LogP contribution in [0, 0.1) is 0 Å². The molecule has 1 saturated heterocycles. The number of halogens is 3. The summed E-state index contributed by atoms with van der Waals surface area (Å²) in [6.07, 6.45) is -3.91. The lowest BCUT2D eigenvalue weighted by molar-refractivity contribution is -0.137. The molecule has 1 atom stereocenters. The average molecular weight is 336 g/mol. The van der Waals surface area contributed by atoms with Crippen molar-refractivity contribution >= 4 is 10.0 Å². The third kappa shape index (κ3) is 3.99. The second-order valence-electron chi connectivity index (χ2n) is 5.72. The SMILES string of the molecule is CC(C)N1CC[C@H](NS(=O)(=O)c2cccc(C(F)(F)F)c2)C1. The predicted octanol–water partition coefficient (Wildman–Crippen LogP) is 2.47. The number of nitrogens with one attached hydrogen (secondary N) is 1. The predicted molar refractivity (Wildman–Crippen MR) is 76.9 cm³/mol. The molecule has 0 bridgehead atoms. The van der Waals surface area contributed by atoms with Crippen LogP contribution >= 0.6 is 0 Å². The van der Waals surface area contributed by atoms with E-state index in [4.69, 9.17) is 0 Å². The topological polar surface area (TPSA) is 49.4 Å². The number of sulfonamides is 1. The number of benzene rings is 1. The minimum Gasteiger partial charge on any atom is -0.299 e. The Hall–Kier alpha value is -1.12. The fourth-order valence-electron chi connectivity index (χ4n) is 2.48. The van der Waals surface area contributed by atoms with Gasteiger partial charge in [-0.15, -0.1) is 0 Å². The Kier molecular flexibility index (Phi) is 4.84. The van der Waals surface area contributed by atoms with Gasteiger partial charge in [0.15, 0.2) is 0 Å². The van der Waals surface area contributed by atoms with E-state index in [1.165, 1.54) is 6.07 Å². The highest BCUT2D eigenvalue weighted by Crippen LogP contribution is 2.30. The molecular weight excluding hydrogens is 317 g/mol. The van der Waals surface area contributed by atoms with Crippen molar-refractivity contribution < 1.29 is 21.6 Å². The van der Waals surface area contributed by atoms with Crippen molar-refractivity contribution in [2.24, 2.45) is 0 Å². The molecule has 0 spiro atoms. The summed E-state index contributed by atoms with van der Waals surface area (Å²) in [7, 11) is -3.95. The van der Waals surface area contributed by atoms with E-state index in [-0.39, 0.29) is 10.9 Å². The molecule has 1 fully saturated rings. The van der Waals surface area contributed by atoms with E-state index < -0.39 is 21.8 Å². The van der Waals surface area contributed by atoms with Crippen LogP contribution in [0.1, 0.15) is 25.8 Å². The van der Waals surface area contributed by atoms with Gasteiger partial charge >= 0.3 is 6.18 Å². The van der Waals surface area contributed by atoms with Crippen LogP contribution in [-0.2, 0) is 16.2 Å². The summed E-state index contributed by atoms with van der Waals surface area (Å²) in [5.41, 5.74) is -0.967. The number of hydrogen-bond acceptors (Lipinski definition) is 3. The molecule has 22 heavy (non-hydrogen) atoms. The van der Waals surface area contributed by atoms with Crippen molar-refractivity contribution in [3.63, 3.8) is 0 Å². The summed E-state index contributed by atoms with van der Waals surface area (Å²) in [6, 6.07) is 3.83. The van der Waals surface area contributed by atoms with Gasteiger partial charge in [0.05, 0.1) is 10.5 Å². The highest BCUT2D eigenvalue weighted by molar-refractivity contribution is 7.89. The van der Waals surface area contributed by atoms with Crippen LogP contribution in [0.25, 0.3) is 0 Å². The van der Waals surface area contributed by atoms with E-state index in [0.29, 0.717) is 25.1 Å². The summed E-state index contributed by atoms with van der Waals surface area (Å²) >= 11 is 0. The lowest BCUT2D eigenvalue weighted by Crippen LogP contribution is -2.38. The van der Waals surface area contributed by atoms with Gasteiger partial charge in [-0.1, -0.05) is 6.07 Å². The summed E-state index contributed by atoms with van der Waals surface area (Å²) in [5.74, 6) is 0. The molecule has 1 aliphatic rings. The van der Waals surface area contributed by atoms with E-state index in [2.05, 4.69) is 9.62 Å². The van der Waals surface area contributed by atoms with Gasteiger partial charge in [-0.3, -0.25) is 4.90 Å². The average Bonchev–Trinajstić information content (AvgIpc) is 2.86. The van der Waals surface area contributed by atoms with Gasteiger partial charge in [0.2, 0.25) is 10.0 Å². The van der Waals surface area contributed by atoms with Crippen LogP contribution in [0.4, 0.5) is 13.2 Å². The highest BCUT2D eigenvalue weighted by atomic mass is 32.2. The zero-order valence-electron chi connectivity index (χ0n) is 12.4. The number of nitrogens with zero attached hydrogens (tertiary/aromatic N) is 1. The van der Waals surface area contributed by atoms with Crippen molar-refractivity contribution in [2.45, 2.75) is 43.4 Å². The molecule has 0 saturated carbocycles. The fraction of sp³-hybridized carbons (Fsp3) is 0.571. The zero-order chi connectivity index (χ0) is 16.5. The van der Waals surface area contributed by atoms with E-state index in [1.807, 2.05) is 13.8 Å². The molecule has 0 unspecified atom stereocenters. The standard InChI is InChI=1S/C14H19F3N2O2S/c1-10(2)19-7-6-12(9-19)18-22(20,21)13-5-3-4-11(8-13)14(15,16)17/h3-5,8,10,12,18H,6-7,9H2,1-2H3/t12-/m0/s1. The quantitative estimate of drug-likeness (QED) is 0.919. The van der Waals surface area contributed by atoms with E-state index in [1.54, 1.807) is 0 Å². The molecule has 1 N–H and O–H groups in total. The largest absolute Gasteiger partial charge is 0.416 e. The third-order valence-corrected chi connectivity index (χ3v) is 5.26. The maximum Gasteiger partial charge on any atom is 0.416 e. The van der Waals surface area contributed by atoms with Crippen LogP contribution < -0.4 is 4.72 Å². The molecule has 1 aromatic rings. The number of alkyl halides is 3.